The van der Waals surface area contributed by atoms with Gasteiger partial charge in [0.25, 0.3) is 5.91 Å². The summed E-state index contributed by atoms with van der Waals surface area (Å²) in [5, 5.41) is 2.35. The van der Waals surface area contributed by atoms with Crippen LogP contribution < -0.4 is 10.0 Å². The molecule has 0 atom stereocenters. The molecule has 0 unspecified atom stereocenters. The number of halogens is 3. The topological polar surface area (TPSA) is 102 Å². The standard InChI is InChI=1S/C15H17F3N2O5S/c1-11-2-4-12(5-3-11)6-7-26(23,24)20-8-14(22)25-9-13(21)19-10-15(16,17)18/h2-7,20H,8-10H2,1H3,(H,19,21)/b7-6+. The lowest BCUT2D eigenvalue weighted by atomic mass is 10.2. The molecule has 2 N–H and O–H groups in total. The summed E-state index contributed by atoms with van der Waals surface area (Å²) in [5.74, 6) is -2.27. The van der Waals surface area contributed by atoms with Crippen LogP contribution in [0, 0.1) is 6.92 Å². The second-order valence-corrected chi connectivity index (χ2v) is 6.78. The Morgan fingerprint density at radius 2 is 1.81 bits per heavy atom. The van der Waals surface area contributed by atoms with Crippen molar-refractivity contribution in [3.8, 4) is 0 Å². The van der Waals surface area contributed by atoms with Crippen LogP contribution in [0.15, 0.2) is 29.7 Å². The van der Waals surface area contributed by atoms with Crippen molar-refractivity contribution in [3.63, 3.8) is 0 Å². The Morgan fingerprint density at radius 3 is 2.38 bits per heavy atom. The number of rotatable bonds is 8. The monoisotopic (exact) mass is 394 g/mol. The zero-order valence-electron chi connectivity index (χ0n) is 13.7. The maximum absolute atomic E-state index is 11.9. The van der Waals surface area contributed by atoms with Gasteiger partial charge in [-0.1, -0.05) is 29.8 Å². The second-order valence-electron chi connectivity index (χ2n) is 5.13. The van der Waals surface area contributed by atoms with Gasteiger partial charge < -0.3 is 10.1 Å². The van der Waals surface area contributed by atoms with Gasteiger partial charge in [0.15, 0.2) is 6.61 Å². The first kappa shape index (κ1) is 21.6. The molecule has 0 aliphatic carbocycles. The summed E-state index contributed by atoms with van der Waals surface area (Å²) >= 11 is 0. The van der Waals surface area contributed by atoms with E-state index >= 15 is 0 Å². The van der Waals surface area contributed by atoms with Crippen molar-refractivity contribution in [2.75, 3.05) is 19.7 Å². The number of nitrogens with one attached hydrogen (secondary N) is 2. The normalized spacial score (nSPS) is 12.2. The SMILES string of the molecule is Cc1ccc(/C=C/S(=O)(=O)NCC(=O)OCC(=O)NCC(F)(F)F)cc1. The minimum atomic E-state index is -4.58. The van der Waals surface area contributed by atoms with Crippen LogP contribution in [0.25, 0.3) is 6.08 Å². The first-order chi connectivity index (χ1) is 12.0. The molecule has 0 bridgehead atoms. The van der Waals surface area contributed by atoms with E-state index in [0.29, 0.717) is 5.56 Å². The molecule has 0 fully saturated rings. The van der Waals surface area contributed by atoms with E-state index in [1.54, 1.807) is 24.3 Å². The molecule has 0 aliphatic rings. The number of amides is 1. The summed E-state index contributed by atoms with van der Waals surface area (Å²) < 4.78 is 65.4. The first-order valence-corrected chi connectivity index (χ1v) is 8.75. The van der Waals surface area contributed by atoms with Gasteiger partial charge in [-0.15, -0.1) is 0 Å². The summed E-state index contributed by atoms with van der Waals surface area (Å²) in [6.07, 6.45) is -3.27. The molecule has 26 heavy (non-hydrogen) atoms. The van der Waals surface area contributed by atoms with Crippen LogP contribution in [0.5, 0.6) is 0 Å². The Balaban J connectivity index is 2.38. The van der Waals surface area contributed by atoms with E-state index in [1.165, 1.54) is 11.4 Å². The molecule has 0 spiro atoms. The number of alkyl halides is 3. The number of carbonyl (C=O) groups is 2. The minimum Gasteiger partial charge on any atom is -0.455 e. The lowest BCUT2D eigenvalue weighted by Crippen LogP contribution is -2.37. The maximum Gasteiger partial charge on any atom is 0.405 e. The van der Waals surface area contributed by atoms with Crippen molar-refractivity contribution in [2.45, 2.75) is 13.1 Å². The highest BCUT2D eigenvalue weighted by Crippen LogP contribution is 2.11. The third-order valence-corrected chi connectivity index (χ3v) is 3.83. The van der Waals surface area contributed by atoms with E-state index in [9.17, 15) is 31.2 Å². The van der Waals surface area contributed by atoms with Gasteiger partial charge in [0.05, 0.1) is 0 Å². The molecule has 0 saturated heterocycles. The summed E-state index contributed by atoms with van der Waals surface area (Å²) in [7, 11) is -3.93. The average molecular weight is 394 g/mol. The molecular formula is C15H17F3N2O5S. The van der Waals surface area contributed by atoms with Gasteiger partial charge in [-0.3, -0.25) is 9.59 Å². The molecule has 1 aromatic carbocycles. The quantitative estimate of drug-likeness (QED) is 0.643. The van der Waals surface area contributed by atoms with E-state index in [2.05, 4.69) is 4.74 Å². The molecule has 1 amide bonds. The van der Waals surface area contributed by atoms with Crippen molar-refractivity contribution < 1.29 is 35.9 Å². The number of sulfonamides is 1. The van der Waals surface area contributed by atoms with Crippen molar-refractivity contribution in [3.05, 3.63) is 40.8 Å². The van der Waals surface area contributed by atoms with Crippen molar-refractivity contribution >= 4 is 28.0 Å². The summed E-state index contributed by atoms with van der Waals surface area (Å²) in [6.45, 7) is -1.40. The summed E-state index contributed by atoms with van der Waals surface area (Å²) in [6, 6.07) is 6.99. The third kappa shape index (κ3) is 9.79. The van der Waals surface area contributed by atoms with Gasteiger partial charge in [-0.05, 0) is 18.6 Å². The zero-order chi connectivity index (χ0) is 19.8. The Kier molecular flexibility index (Phi) is 7.77. The van der Waals surface area contributed by atoms with Crippen LogP contribution in [-0.2, 0) is 24.3 Å². The number of hydrogen-bond donors (Lipinski definition) is 2. The Bertz CT molecular complexity index is 758. The predicted octanol–water partition coefficient (Wildman–Crippen LogP) is 1.11. The van der Waals surface area contributed by atoms with Gasteiger partial charge in [-0.25, -0.2) is 13.1 Å². The fourth-order valence-electron chi connectivity index (χ4n) is 1.50. The van der Waals surface area contributed by atoms with Gasteiger partial charge >= 0.3 is 12.1 Å². The van der Waals surface area contributed by atoms with Crippen LogP contribution in [0.2, 0.25) is 0 Å². The molecule has 0 radical (unpaired) electrons. The lowest BCUT2D eigenvalue weighted by molar-refractivity contribution is -0.150. The van der Waals surface area contributed by atoms with Crippen LogP contribution >= 0.6 is 0 Å². The molecule has 0 heterocycles. The maximum atomic E-state index is 11.9. The molecule has 0 aliphatic heterocycles. The molecule has 144 valence electrons. The highest BCUT2D eigenvalue weighted by Gasteiger charge is 2.27. The van der Waals surface area contributed by atoms with Crippen LogP contribution in [-0.4, -0.2) is 46.2 Å². The largest absolute Gasteiger partial charge is 0.455 e. The van der Waals surface area contributed by atoms with Gasteiger partial charge in [0.2, 0.25) is 10.0 Å². The number of carbonyl (C=O) groups excluding carboxylic acids is 2. The summed E-state index contributed by atoms with van der Waals surface area (Å²) in [4.78, 5) is 22.4. The fourth-order valence-corrected chi connectivity index (χ4v) is 2.25. The van der Waals surface area contributed by atoms with Crippen LogP contribution in [0.3, 0.4) is 0 Å². The van der Waals surface area contributed by atoms with Gasteiger partial charge in [0, 0.05) is 5.41 Å². The van der Waals surface area contributed by atoms with Crippen molar-refractivity contribution in [2.24, 2.45) is 0 Å². The number of ether oxygens (including phenoxy) is 1. The molecule has 0 aromatic heterocycles. The Morgan fingerprint density at radius 1 is 1.19 bits per heavy atom. The molecule has 1 aromatic rings. The molecule has 1 rings (SSSR count). The van der Waals surface area contributed by atoms with E-state index in [1.807, 2.05) is 11.6 Å². The Hall–Kier alpha value is -2.40. The van der Waals surface area contributed by atoms with E-state index in [0.717, 1.165) is 11.0 Å². The van der Waals surface area contributed by atoms with Crippen LogP contribution in [0.1, 0.15) is 11.1 Å². The lowest BCUT2D eigenvalue weighted by Gasteiger charge is -2.09. The van der Waals surface area contributed by atoms with E-state index in [4.69, 9.17) is 0 Å². The average Bonchev–Trinajstić information content (AvgIpc) is 2.55. The van der Waals surface area contributed by atoms with Gasteiger partial charge in [0.1, 0.15) is 13.1 Å². The zero-order valence-corrected chi connectivity index (χ0v) is 14.5. The fraction of sp³-hybridized carbons (Fsp3) is 0.333. The molecule has 7 nitrogen and oxygen atoms in total. The van der Waals surface area contributed by atoms with Gasteiger partial charge in [-0.2, -0.15) is 13.2 Å². The van der Waals surface area contributed by atoms with Crippen LogP contribution in [0.4, 0.5) is 13.2 Å². The highest BCUT2D eigenvalue weighted by atomic mass is 32.2. The Labute approximate surface area is 148 Å². The third-order valence-electron chi connectivity index (χ3n) is 2.78. The van der Waals surface area contributed by atoms with Crippen molar-refractivity contribution in [1.82, 2.24) is 10.0 Å². The first-order valence-electron chi connectivity index (χ1n) is 7.20. The number of hydrogen-bond acceptors (Lipinski definition) is 5. The predicted molar refractivity (Wildman–Crippen MR) is 87.2 cm³/mol. The van der Waals surface area contributed by atoms with E-state index in [-0.39, 0.29) is 0 Å². The number of benzene rings is 1. The molecule has 11 heteroatoms. The second kappa shape index (κ2) is 9.34. The molecular weight excluding hydrogens is 377 g/mol. The van der Waals surface area contributed by atoms with E-state index < -0.39 is 47.8 Å². The van der Waals surface area contributed by atoms with Crippen molar-refractivity contribution in [1.29, 1.82) is 0 Å². The highest BCUT2D eigenvalue weighted by molar-refractivity contribution is 7.92. The summed E-state index contributed by atoms with van der Waals surface area (Å²) in [5.41, 5.74) is 1.63. The molecule has 0 saturated carbocycles. The smallest absolute Gasteiger partial charge is 0.405 e. The number of aryl methyl sites for hydroxylation is 1. The minimum absolute atomic E-state index is 0.630. The number of esters is 1.